The molecule has 1 aliphatic rings. The van der Waals surface area contributed by atoms with Crippen LogP contribution in [0.2, 0.25) is 0 Å². The van der Waals surface area contributed by atoms with Gasteiger partial charge in [-0.2, -0.15) is 4.39 Å². The lowest BCUT2D eigenvalue weighted by atomic mass is 10.1. The fourth-order valence-electron chi connectivity index (χ4n) is 2.77. The average Bonchev–Trinajstić information content (AvgIpc) is 3.49. The number of carbonyl (C=O) groups excluding carboxylic acids is 1. The minimum Gasteiger partial charge on any atom is -0.397 e. The highest BCUT2D eigenvalue weighted by Crippen LogP contribution is 2.39. The van der Waals surface area contributed by atoms with Crippen LogP contribution in [0.4, 0.5) is 15.8 Å². The van der Waals surface area contributed by atoms with E-state index in [2.05, 4.69) is 15.3 Å². The predicted molar refractivity (Wildman–Crippen MR) is 98.2 cm³/mol. The number of nitrogens with zero attached hydrogens (tertiary/aromatic N) is 2. The van der Waals surface area contributed by atoms with Crippen LogP contribution in [0.25, 0.3) is 11.1 Å². The van der Waals surface area contributed by atoms with Gasteiger partial charge in [-0.3, -0.25) is 9.78 Å². The summed E-state index contributed by atoms with van der Waals surface area (Å²) >= 11 is 0. The van der Waals surface area contributed by atoms with Gasteiger partial charge in [-0.05, 0) is 60.2 Å². The molecule has 0 radical (unpaired) electrons. The van der Waals surface area contributed by atoms with Crippen LogP contribution in [-0.4, -0.2) is 15.9 Å². The summed E-state index contributed by atoms with van der Waals surface area (Å²) in [6.07, 6.45) is 5.57. The fraction of sp³-hybridized carbons (Fsp3) is 0.150. The maximum Gasteiger partial charge on any atom is 0.274 e. The number of nitrogens with one attached hydrogen (secondary N) is 1. The molecule has 5 nitrogen and oxygen atoms in total. The Labute approximate surface area is 150 Å². The van der Waals surface area contributed by atoms with E-state index in [1.54, 1.807) is 36.5 Å². The van der Waals surface area contributed by atoms with Gasteiger partial charge in [0, 0.05) is 18.0 Å². The zero-order valence-corrected chi connectivity index (χ0v) is 13.9. The smallest absolute Gasteiger partial charge is 0.274 e. The van der Waals surface area contributed by atoms with Crippen LogP contribution in [0.15, 0.2) is 54.9 Å². The number of anilines is 2. The number of nitrogen functional groups attached to an aromatic ring is 1. The fourth-order valence-corrected chi connectivity index (χ4v) is 2.77. The van der Waals surface area contributed by atoms with Crippen LogP contribution in [0.1, 0.15) is 34.8 Å². The summed E-state index contributed by atoms with van der Waals surface area (Å²) in [5.41, 5.74) is 9.91. The SMILES string of the molecule is Nc1ccc(-c2ccc(F)nc2)cc1NC(=O)c1ccc(C2CC2)cn1. The summed E-state index contributed by atoms with van der Waals surface area (Å²) in [4.78, 5) is 20.4. The highest BCUT2D eigenvalue weighted by atomic mass is 19.1. The third kappa shape index (κ3) is 3.39. The van der Waals surface area contributed by atoms with Crippen LogP contribution in [0, 0.1) is 5.95 Å². The van der Waals surface area contributed by atoms with E-state index >= 15 is 0 Å². The molecular weight excluding hydrogens is 331 g/mol. The molecule has 1 fully saturated rings. The molecule has 1 aliphatic carbocycles. The van der Waals surface area contributed by atoms with E-state index in [0.717, 1.165) is 11.1 Å². The topological polar surface area (TPSA) is 80.9 Å². The summed E-state index contributed by atoms with van der Waals surface area (Å²) in [7, 11) is 0. The Morgan fingerprint density at radius 1 is 1.04 bits per heavy atom. The summed E-state index contributed by atoms with van der Waals surface area (Å²) in [5, 5.41) is 2.79. The van der Waals surface area contributed by atoms with Crippen molar-refractivity contribution in [3.8, 4) is 11.1 Å². The number of amides is 1. The number of benzene rings is 1. The van der Waals surface area contributed by atoms with E-state index in [1.807, 2.05) is 6.07 Å². The van der Waals surface area contributed by atoms with Gasteiger partial charge >= 0.3 is 0 Å². The van der Waals surface area contributed by atoms with Gasteiger partial charge in [0.2, 0.25) is 5.95 Å². The second-order valence-electron chi connectivity index (χ2n) is 6.38. The third-order valence-corrected chi connectivity index (χ3v) is 4.43. The van der Waals surface area contributed by atoms with Gasteiger partial charge in [-0.1, -0.05) is 12.1 Å². The second-order valence-corrected chi connectivity index (χ2v) is 6.38. The first-order chi connectivity index (χ1) is 12.6. The predicted octanol–water partition coefficient (Wildman–Crippen LogP) is 3.99. The van der Waals surface area contributed by atoms with Crippen molar-refractivity contribution in [2.45, 2.75) is 18.8 Å². The Morgan fingerprint density at radius 3 is 2.50 bits per heavy atom. The highest BCUT2D eigenvalue weighted by Gasteiger charge is 2.24. The van der Waals surface area contributed by atoms with Crippen LogP contribution in [-0.2, 0) is 0 Å². The van der Waals surface area contributed by atoms with Gasteiger partial charge < -0.3 is 11.1 Å². The zero-order valence-electron chi connectivity index (χ0n) is 13.9. The quantitative estimate of drug-likeness (QED) is 0.552. The van der Waals surface area contributed by atoms with E-state index in [-0.39, 0.29) is 5.91 Å². The molecule has 3 N–H and O–H groups in total. The van der Waals surface area contributed by atoms with E-state index in [9.17, 15) is 9.18 Å². The summed E-state index contributed by atoms with van der Waals surface area (Å²) < 4.78 is 13.0. The molecule has 2 aromatic heterocycles. The van der Waals surface area contributed by atoms with E-state index in [1.165, 1.54) is 30.7 Å². The Kier molecular flexibility index (Phi) is 4.08. The number of hydrogen-bond donors (Lipinski definition) is 2. The third-order valence-electron chi connectivity index (χ3n) is 4.43. The van der Waals surface area contributed by atoms with Gasteiger partial charge in [-0.15, -0.1) is 0 Å². The molecule has 0 atom stereocenters. The van der Waals surface area contributed by atoms with Crippen LogP contribution >= 0.6 is 0 Å². The maximum atomic E-state index is 13.0. The molecule has 2 heterocycles. The number of carbonyl (C=O) groups is 1. The van der Waals surface area contributed by atoms with Crippen molar-refractivity contribution < 1.29 is 9.18 Å². The maximum absolute atomic E-state index is 13.0. The van der Waals surface area contributed by atoms with Crippen LogP contribution < -0.4 is 11.1 Å². The monoisotopic (exact) mass is 348 g/mol. The first-order valence-electron chi connectivity index (χ1n) is 8.39. The number of rotatable bonds is 4. The molecule has 0 aliphatic heterocycles. The Hall–Kier alpha value is -3.28. The summed E-state index contributed by atoms with van der Waals surface area (Å²) in [5.74, 6) is -0.275. The molecule has 3 aromatic rings. The van der Waals surface area contributed by atoms with Crippen LogP contribution in [0.3, 0.4) is 0 Å². The molecule has 1 aromatic carbocycles. The molecular formula is C20H17FN4O. The van der Waals surface area contributed by atoms with Crippen molar-refractivity contribution in [1.29, 1.82) is 0 Å². The molecule has 130 valence electrons. The van der Waals surface area contributed by atoms with Crippen molar-refractivity contribution in [3.05, 3.63) is 72.1 Å². The molecule has 0 saturated heterocycles. The van der Waals surface area contributed by atoms with E-state index in [0.29, 0.717) is 23.0 Å². The molecule has 4 rings (SSSR count). The van der Waals surface area contributed by atoms with Gasteiger partial charge in [0.1, 0.15) is 5.69 Å². The summed E-state index contributed by atoms with van der Waals surface area (Å²) in [6, 6.07) is 11.8. The lowest BCUT2D eigenvalue weighted by molar-refractivity contribution is 0.102. The zero-order chi connectivity index (χ0) is 18.1. The normalized spacial score (nSPS) is 13.4. The first kappa shape index (κ1) is 16.2. The van der Waals surface area contributed by atoms with Gasteiger partial charge in [0.25, 0.3) is 5.91 Å². The van der Waals surface area contributed by atoms with Crippen LogP contribution in [0.5, 0.6) is 0 Å². The molecule has 0 spiro atoms. The molecule has 26 heavy (non-hydrogen) atoms. The highest BCUT2D eigenvalue weighted by molar-refractivity contribution is 6.04. The lowest BCUT2D eigenvalue weighted by Crippen LogP contribution is -2.14. The molecule has 6 heteroatoms. The first-order valence-corrected chi connectivity index (χ1v) is 8.39. The van der Waals surface area contributed by atoms with E-state index in [4.69, 9.17) is 5.73 Å². The van der Waals surface area contributed by atoms with Crippen molar-refractivity contribution in [2.24, 2.45) is 0 Å². The van der Waals surface area contributed by atoms with Crippen molar-refractivity contribution in [3.63, 3.8) is 0 Å². The lowest BCUT2D eigenvalue weighted by Gasteiger charge is -2.10. The Bertz CT molecular complexity index is 951. The van der Waals surface area contributed by atoms with Gasteiger partial charge in [0.15, 0.2) is 0 Å². The van der Waals surface area contributed by atoms with Crippen molar-refractivity contribution >= 4 is 17.3 Å². The van der Waals surface area contributed by atoms with Crippen molar-refractivity contribution in [1.82, 2.24) is 9.97 Å². The average molecular weight is 348 g/mol. The van der Waals surface area contributed by atoms with Crippen molar-refractivity contribution in [2.75, 3.05) is 11.1 Å². The van der Waals surface area contributed by atoms with E-state index < -0.39 is 5.95 Å². The number of nitrogens with two attached hydrogens (primary N) is 1. The number of pyridine rings is 2. The summed E-state index contributed by atoms with van der Waals surface area (Å²) in [6.45, 7) is 0. The minimum atomic E-state index is -0.543. The second kappa shape index (κ2) is 6.55. The Morgan fingerprint density at radius 2 is 1.85 bits per heavy atom. The van der Waals surface area contributed by atoms with Gasteiger partial charge in [-0.25, -0.2) is 4.98 Å². The number of halogens is 1. The standard InChI is InChI=1S/C20H17FN4O/c21-19-8-5-15(11-24-19)13-3-6-16(22)18(9-13)25-20(26)17-7-4-14(10-23-17)12-1-2-12/h3-12H,1-2,22H2,(H,25,26). The minimum absolute atomic E-state index is 0.326. The number of hydrogen-bond acceptors (Lipinski definition) is 4. The Balaban J connectivity index is 1.55. The molecule has 0 bridgehead atoms. The largest absolute Gasteiger partial charge is 0.397 e. The van der Waals surface area contributed by atoms with Gasteiger partial charge in [0.05, 0.1) is 11.4 Å². The molecule has 1 saturated carbocycles. The molecule has 0 unspecified atom stereocenters. The molecule has 1 amide bonds. The number of aromatic nitrogens is 2.